The largest absolute Gasteiger partial charge is 0.464 e. The van der Waals surface area contributed by atoms with E-state index in [1.165, 1.54) is 31.6 Å². The van der Waals surface area contributed by atoms with E-state index in [0.717, 1.165) is 12.1 Å². The summed E-state index contributed by atoms with van der Waals surface area (Å²) in [5, 5.41) is 0. The van der Waals surface area contributed by atoms with E-state index in [2.05, 4.69) is 14.7 Å². The molecule has 1 aromatic heterocycles. The molecule has 7 heteroatoms. The molecule has 104 valence electrons. The van der Waals surface area contributed by atoms with Crippen molar-refractivity contribution in [1.29, 1.82) is 0 Å². The van der Waals surface area contributed by atoms with E-state index in [1.807, 2.05) is 0 Å². The normalized spacial score (nSPS) is 11.2. The van der Waals surface area contributed by atoms with Crippen LogP contribution in [-0.4, -0.2) is 23.0 Å². The second-order valence-corrected chi connectivity index (χ2v) is 3.82. The van der Waals surface area contributed by atoms with Crippen molar-refractivity contribution in [1.82, 2.24) is 9.97 Å². The summed E-state index contributed by atoms with van der Waals surface area (Å²) < 4.78 is 42.0. The molecule has 2 aromatic rings. The highest BCUT2D eigenvalue weighted by Crippen LogP contribution is 2.31. The standard InChI is InChI=1S/C13H9F3N2O2/c1-20-12(19)11-10(17-6-7-18-11)8-2-4-9(5-3-8)13(14,15)16/h2-7H,1H3. The first-order valence-electron chi connectivity index (χ1n) is 5.50. The molecule has 4 nitrogen and oxygen atoms in total. The lowest BCUT2D eigenvalue weighted by Gasteiger charge is -2.08. The molecule has 2 rings (SSSR count). The number of methoxy groups -OCH3 is 1. The minimum Gasteiger partial charge on any atom is -0.464 e. The minimum absolute atomic E-state index is 0.0465. The summed E-state index contributed by atoms with van der Waals surface area (Å²) in [6, 6.07) is 4.31. The van der Waals surface area contributed by atoms with Gasteiger partial charge in [0.15, 0.2) is 5.69 Å². The molecule has 0 amide bonds. The van der Waals surface area contributed by atoms with Crippen LogP contribution in [0.5, 0.6) is 0 Å². The number of esters is 1. The van der Waals surface area contributed by atoms with Crippen molar-refractivity contribution >= 4 is 5.97 Å². The molecule has 0 saturated carbocycles. The van der Waals surface area contributed by atoms with Crippen molar-refractivity contribution in [2.75, 3.05) is 7.11 Å². The van der Waals surface area contributed by atoms with E-state index in [1.54, 1.807) is 0 Å². The van der Waals surface area contributed by atoms with E-state index >= 15 is 0 Å². The van der Waals surface area contributed by atoms with Crippen LogP contribution < -0.4 is 0 Å². The lowest BCUT2D eigenvalue weighted by molar-refractivity contribution is -0.137. The number of carbonyl (C=O) groups excluding carboxylic acids is 1. The topological polar surface area (TPSA) is 52.1 Å². The van der Waals surface area contributed by atoms with Gasteiger partial charge in [0.2, 0.25) is 0 Å². The Kier molecular flexibility index (Phi) is 3.69. The van der Waals surface area contributed by atoms with Crippen LogP contribution >= 0.6 is 0 Å². The molecule has 0 fully saturated rings. The Hall–Kier alpha value is -2.44. The number of nitrogens with zero attached hydrogens (tertiary/aromatic N) is 2. The number of hydrogen-bond acceptors (Lipinski definition) is 4. The first kappa shape index (κ1) is 14.0. The minimum atomic E-state index is -4.41. The number of benzene rings is 1. The van der Waals surface area contributed by atoms with Crippen molar-refractivity contribution in [2.45, 2.75) is 6.18 Å². The molecule has 1 aromatic carbocycles. The summed E-state index contributed by atoms with van der Waals surface area (Å²) in [4.78, 5) is 19.3. The number of carbonyl (C=O) groups is 1. The smallest absolute Gasteiger partial charge is 0.416 e. The van der Waals surface area contributed by atoms with Crippen LogP contribution in [0.15, 0.2) is 36.7 Å². The lowest BCUT2D eigenvalue weighted by atomic mass is 10.1. The average molecular weight is 282 g/mol. The Bertz CT molecular complexity index is 624. The van der Waals surface area contributed by atoms with Gasteiger partial charge in [-0.3, -0.25) is 4.98 Å². The Morgan fingerprint density at radius 3 is 2.25 bits per heavy atom. The Morgan fingerprint density at radius 1 is 1.10 bits per heavy atom. The number of halogens is 3. The maximum absolute atomic E-state index is 12.5. The Morgan fingerprint density at radius 2 is 1.70 bits per heavy atom. The van der Waals surface area contributed by atoms with Gasteiger partial charge in [0, 0.05) is 18.0 Å². The quantitative estimate of drug-likeness (QED) is 0.795. The van der Waals surface area contributed by atoms with Crippen molar-refractivity contribution in [3.8, 4) is 11.3 Å². The predicted molar refractivity (Wildman–Crippen MR) is 63.8 cm³/mol. The highest BCUT2D eigenvalue weighted by atomic mass is 19.4. The molecule has 0 atom stereocenters. The van der Waals surface area contributed by atoms with Crippen LogP contribution in [0.1, 0.15) is 16.1 Å². The van der Waals surface area contributed by atoms with Crippen LogP contribution in [0, 0.1) is 0 Å². The summed E-state index contributed by atoms with van der Waals surface area (Å²) in [7, 11) is 1.19. The molecular weight excluding hydrogens is 273 g/mol. The maximum Gasteiger partial charge on any atom is 0.416 e. The molecule has 0 N–H and O–H groups in total. The molecule has 0 aliphatic rings. The monoisotopic (exact) mass is 282 g/mol. The van der Waals surface area contributed by atoms with Crippen molar-refractivity contribution < 1.29 is 22.7 Å². The number of hydrogen-bond donors (Lipinski definition) is 0. The second kappa shape index (κ2) is 5.28. The zero-order valence-electron chi connectivity index (χ0n) is 10.3. The van der Waals surface area contributed by atoms with Gasteiger partial charge in [-0.25, -0.2) is 9.78 Å². The molecule has 0 aliphatic heterocycles. The molecular formula is C13H9F3N2O2. The van der Waals surface area contributed by atoms with Crippen LogP contribution in [0.25, 0.3) is 11.3 Å². The molecule has 1 heterocycles. The van der Waals surface area contributed by atoms with Gasteiger partial charge in [-0.05, 0) is 12.1 Å². The molecule has 20 heavy (non-hydrogen) atoms. The summed E-state index contributed by atoms with van der Waals surface area (Å²) in [5.41, 5.74) is -0.293. The fourth-order valence-electron chi connectivity index (χ4n) is 1.61. The third-order valence-electron chi connectivity index (χ3n) is 2.56. The first-order valence-corrected chi connectivity index (χ1v) is 5.50. The summed E-state index contributed by atoms with van der Waals surface area (Å²) in [5.74, 6) is -0.701. The third kappa shape index (κ3) is 2.76. The van der Waals surface area contributed by atoms with Crippen LogP contribution in [0.3, 0.4) is 0 Å². The molecule has 0 radical (unpaired) electrons. The van der Waals surface area contributed by atoms with Gasteiger partial charge in [-0.1, -0.05) is 12.1 Å². The zero-order valence-corrected chi connectivity index (χ0v) is 10.3. The van der Waals surface area contributed by atoms with Gasteiger partial charge in [-0.2, -0.15) is 13.2 Å². The van der Waals surface area contributed by atoms with Crippen molar-refractivity contribution in [2.24, 2.45) is 0 Å². The van der Waals surface area contributed by atoms with Gasteiger partial charge >= 0.3 is 12.1 Å². The molecule has 0 spiro atoms. The van der Waals surface area contributed by atoms with Crippen LogP contribution in [0.4, 0.5) is 13.2 Å². The van der Waals surface area contributed by atoms with Gasteiger partial charge in [0.25, 0.3) is 0 Å². The van der Waals surface area contributed by atoms with Gasteiger partial charge in [0.1, 0.15) is 5.69 Å². The summed E-state index contributed by atoms with van der Waals surface area (Å²) in [6.45, 7) is 0. The van der Waals surface area contributed by atoms with Crippen LogP contribution in [-0.2, 0) is 10.9 Å². The predicted octanol–water partition coefficient (Wildman–Crippen LogP) is 2.95. The molecule has 0 aliphatic carbocycles. The number of ether oxygens (including phenoxy) is 1. The fourth-order valence-corrected chi connectivity index (χ4v) is 1.61. The van der Waals surface area contributed by atoms with Gasteiger partial charge in [0.05, 0.1) is 12.7 Å². The number of aromatic nitrogens is 2. The van der Waals surface area contributed by atoms with Crippen molar-refractivity contribution in [3.05, 3.63) is 47.9 Å². The Labute approximate surface area is 112 Å². The summed E-state index contributed by atoms with van der Waals surface area (Å²) in [6.07, 6.45) is -1.76. The number of alkyl halides is 3. The molecule has 0 saturated heterocycles. The molecule has 0 bridgehead atoms. The summed E-state index contributed by atoms with van der Waals surface area (Å²) >= 11 is 0. The van der Waals surface area contributed by atoms with E-state index in [9.17, 15) is 18.0 Å². The third-order valence-corrected chi connectivity index (χ3v) is 2.56. The van der Waals surface area contributed by atoms with E-state index < -0.39 is 17.7 Å². The molecule has 0 unspecified atom stereocenters. The van der Waals surface area contributed by atoms with E-state index in [4.69, 9.17) is 0 Å². The van der Waals surface area contributed by atoms with Gasteiger partial charge < -0.3 is 4.74 Å². The maximum atomic E-state index is 12.5. The number of rotatable bonds is 2. The lowest BCUT2D eigenvalue weighted by Crippen LogP contribution is -2.08. The van der Waals surface area contributed by atoms with Crippen molar-refractivity contribution in [3.63, 3.8) is 0 Å². The highest BCUT2D eigenvalue weighted by molar-refractivity contribution is 5.93. The van der Waals surface area contributed by atoms with Gasteiger partial charge in [-0.15, -0.1) is 0 Å². The Balaban J connectivity index is 2.45. The second-order valence-electron chi connectivity index (χ2n) is 3.82. The average Bonchev–Trinajstić information content (AvgIpc) is 2.45. The van der Waals surface area contributed by atoms with Crippen LogP contribution in [0.2, 0.25) is 0 Å². The fraction of sp³-hybridized carbons (Fsp3) is 0.154. The zero-order chi connectivity index (χ0) is 14.8. The van der Waals surface area contributed by atoms with E-state index in [-0.39, 0.29) is 11.4 Å². The first-order chi connectivity index (χ1) is 9.43. The highest BCUT2D eigenvalue weighted by Gasteiger charge is 2.30. The van der Waals surface area contributed by atoms with E-state index in [0.29, 0.717) is 5.56 Å². The SMILES string of the molecule is COC(=O)c1nccnc1-c1ccc(C(F)(F)F)cc1.